The molecule has 0 unspecified atom stereocenters. The second kappa shape index (κ2) is 5.14. The number of carbonyl (C=O) groups excluding carboxylic acids is 1. The quantitative estimate of drug-likeness (QED) is 0.739. The summed E-state index contributed by atoms with van der Waals surface area (Å²) in [6.45, 7) is 1.34. The fraction of sp³-hybridized carbons (Fsp3) is 0.0625. The first-order valence-corrected chi connectivity index (χ1v) is 5.84. The molecule has 21 heavy (non-hydrogen) atoms. The van der Waals surface area contributed by atoms with E-state index in [2.05, 4.69) is 0 Å². The van der Waals surface area contributed by atoms with Gasteiger partial charge in [-0.2, -0.15) is 21.0 Å². The molecule has 0 N–H and O–H groups in total. The summed E-state index contributed by atoms with van der Waals surface area (Å²) in [4.78, 5) is 11.7. The highest BCUT2D eigenvalue weighted by Crippen LogP contribution is 2.32. The SMILES string of the molecule is CC(=O)c1cccc2c(C#N)c(C#N)c(C#N)c(C#N)c12. The van der Waals surface area contributed by atoms with Gasteiger partial charge in [-0.05, 0) is 6.92 Å². The van der Waals surface area contributed by atoms with Gasteiger partial charge in [0.1, 0.15) is 24.3 Å². The maximum Gasteiger partial charge on any atom is 0.160 e. The molecular formula is C16H6N4O. The van der Waals surface area contributed by atoms with Gasteiger partial charge in [0.15, 0.2) is 5.78 Å². The molecule has 0 fully saturated rings. The van der Waals surface area contributed by atoms with Gasteiger partial charge in [-0.15, -0.1) is 0 Å². The van der Waals surface area contributed by atoms with E-state index in [1.54, 1.807) is 24.3 Å². The molecule has 0 saturated heterocycles. The van der Waals surface area contributed by atoms with Crippen LogP contribution in [0.2, 0.25) is 0 Å². The van der Waals surface area contributed by atoms with E-state index in [0.29, 0.717) is 5.39 Å². The molecule has 0 aromatic heterocycles. The van der Waals surface area contributed by atoms with Crippen molar-refractivity contribution in [3.8, 4) is 24.3 Å². The maximum atomic E-state index is 11.7. The predicted octanol–water partition coefficient (Wildman–Crippen LogP) is 2.53. The lowest BCUT2D eigenvalue weighted by Gasteiger charge is -2.10. The van der Waals surface area contributed by atoms with Crippen molar-refractivity contribution in [2.45, 2.75) is 6.92 Å². The van der Waals surface area contributed by atoms with E-state index < -0.39 is 0 Å². The average molecular weight is 270 g/mol. The molecule has 0 bridgehead atoms. The van der Waals surface area contributed by atoms with Crippen molar-refractivity contribution in [1.82, 2.24) is 0 Å². The number of hydrogen-bond acceptors (Lipinski definition) is 5. The van der Waals surface area contributed by atoms with Crippen molar-refractivity contribution < 1.29 is 4.79 Å². The van der Waals surface area contributed by atoms with Crippen LogP contribution < -0.4 is 0 Å². The predicted molar refractivity (Wildman–Crippen MR) is 72.8 cm³/mol. The second-order valence-corrected chi connectivity index (χ2v) is 4.23. The molecule has 2 aromatic rings. The fourth-order valence-electron chi connectivity index (χ4n) is 2.28. The van der Waals surface area contributed by atoms with E-state index in [-0.39, 0.29) is 39.0 Å². The van der Waals surface area contributed by atoms with Crippen LogP contribution in [0.4, 0.5) is 0 Å². The van der Waals surface area contributed by atoms with Crippen molar-refractivity contribution in [2.75, 3.05) is 0 Å². The van der Waals surface area contributed by atoms with Crippen molar-refractivity contribution in [3.63, 3.8) is 0 Å². The monoisotopic (exact) mass is 270 g/mol. The molecule has 5 heteroatoms. The zero-order chi connectivity index (χ0) is 15.6. The molecule has 0 radical (unpaired) electrons. The first-order valence-electron chi connectivity index (χ1n) is 5.84. The Balaban J connectivity index is 3.28. The molecule has 0 aliphatic rings. The summed E-state index contributed by atoms with van der Waals surface area (Å²) in [6.07, 6.45) is 0. The van der Waals surface area contributed by atoms with Crippen LogP contribution in [0.15, 0.2) is 18.2 Å². The molecule has 2 rings (SSSR count). The fourth-order valence-corrected chi connectivity index (χ4v) is 2.28. The molecule has 0 spiro atoms. The lowest BCUT2D eigenvalue weighted by atomic mass is 9.88. The molecule has 0 aliphatic carbocycles. The van der Waals surface area contributed by atoms with Crippen LogP contribution in [0, 0.1) is 45.3 Å². The molecular weight excluding hydrogens is 264 g/mol. The summed E-state index contributed by atoms with van der Waals surface area (Å²) < 4.78 is 0. The Hall–Kier alpha value is -3.67. The van der Waals surface area contributed by atoms with Crippen LogP contribution in [-0.2, 0) is 0 Å². The Kier molecular flexibility index (Phi) is 3.37. The number of hydrogen-bond donors (Lipinski definition) is 0. The number of Topliss-reactive ketones (excluding diaryl/α,β-unsaturated/α-hetero) is 1. The third-order valence-corrected chi connectivity index (χ3v) is 3.16. The number of rotatable bonds is 1. The zero-order valence-corrected chi connectivity index (χ0v) is 10.9. The van der Waals surface area contributed by atoms with Gasteiger partial charge in [0.05, 0.1) is 22.3 Å². The number of ketones is 1. The van der Waals surface area contributed by atoms with E-state index >= 15 is 0 Å². The maximum absolute atomic E-state index is 11.7. The Morgan fingerprint density at radius 3 is 1.86 bits per heavy atom. The highest BCUT2D eigenvalue weighted by molar-refractivity contribution is 6.11. The van der Waals surface area contributed by atoms with Crippen LogP contribution in [0.3, 0.4) is 0 Å². The molecule has 0 aliphatic heterocycles. The van der Waals surface area contributed by atoms with Crippen LogP contribution >= 0.6 is 0 Å². The van der Waals surface area contributed by atoms with Gasteiger partial charge < -0.3 is 0 Å². The minimum Gasteiger partial charge on any atom is -0.294 e. The lowest BCUT2D eigenvalue weighted by molar-refractivity contribution is 0.101. The summed E-state index contributed by atoms with van der Waals surface area (Å²) in [5.74, 6) is -0.283. The summed E-state index contributed by atoms with van der Waals surface area (Å²) in [5.41, 5.74) is -0.0935. The molecule has 5 nitrogen and oxygen atoms in total. The summed E-state index contributed by atoms with van der Waals surface area (Å²) in [5, 5.41) is 37.6. The van der Waals surface area contributed by atoms with E-state index in [4.69, 9.17) is 0 Å². The third-order valence-electron chi connectivity index (χ3n) is 3.16. The Labute approximate surface area is 120 Å². The third kappa shape index (κ3) is 1.87. The molecule has 0 atom stereocenters. The van der Waals surface area contributed by atoms with E-state index in [0.717, 1.165) is 0 Å². The van der Waals surface area contributed by atoms with Crippen LogP contribution in [0.5, 0.6) is 0 Å². The Morgan fingerprint density at radius 1 is 0.857 bits per heavy atom. The van der Waals surface area contributed by atoms with E-state index in [1.807, 2.05) is 12.1 Å². The van der Waals surface area contributed by atoms with Crippen molar-refractivity contribution >= 4 is 16.6 Å². The largest absolute Gasteiger partial charge is 0.294 e. The summed E-state index contributed by atoms with van der Waals surface area (Å²) in [7, 11) is 0. The van der Waals surface area contributed by atoms with Crippen molar-refractivity contribution in [2.24, 2.45) is 0 Å². The second-order valence-electron chi connectivity index (χ2n) is 4.23. The van der Waals surface area contributed by atoms with Crippen molar-refractivity contribution in [1.29, 1.82) is 21.0 Å². The Bertz CT molecular complexity index is 960. The zero-order valence-electron chi connectivity index (χ0n) is 10.9. The highest BCUT2D eigenvalue weighted by atomic mass is 16.1. The molecule has 2 aromatic carbocycles. The van der Waals surface area contributed by atoms with Gasteiger partial charge in [0.2, 0.25) is 0 Å². The number of nitriles is 4. The van der Waals surface area contributed by atoms with Gasteiger partial charge in [-0.1, -0.05) is 18.2 Å². The van der Waals surface area contributed by atoms with Crippen LogP contribution in [-0.4, -0.2) is 5.78 Å². The molecule has 0 heterocycles. The van der Waals surface area contributed by atoms with Gasteiger partial charge in [0.25, 0.3) is 0 Å². The Morgan fingerprint density at radius 2 is 1.38 bits per heavy atom. The molecule has 0 amide bonds. The summed E-state index contributed by atoms with van der Waals surface area (Å²) >= 11 is 0. The van der Waals surface area contributed by atoms with E-state index in [1.165, 1.54) is 13.0 Å². The van der Waals surface area contributed by atoms with Gasteiger partial charge in [-0.25, -0.2) is 0 Å². The summed E-state index contributed by atoms with van der Waals surface area (Å²) in [6, 6.07) is 12.0. The number of fused-ring (bicyclic) bond motifs is 1. The van der Waals surface area contributed by atoms with Gasteiger partial charge in [-0.3, -0.25) is 4.79 Å². The van der Waals surface area contributed by atoms with Crippen LogP contribution in [0.1, 0.15) is 39.5 Å². The average Bonchev–Trinajstić information content (AvgIpc) is 2.51. The van der Waals surface area contributed by atoms with Gasteiger partial charge in [0, 0.05) is 16.3 Å². The molecule has 0 saturated carbocycles. The minimum atomic E-state index is -0.283. The first-order chi connectivity index (χ1) is 10.1. The number of nitrogens with zero attached hydrogens (tertiary/aromatic N) is 4. The minimum absolute atomic E-state index is 0.00569. The highest BCUT2D eigenvalue weighted by Gasteiger charge is 2.22. The standard InChI is InChI=1S/C16H6N4O/c1-9(21)10-3-2-4-11-12(5-17)13(6-18)14(7-19)15(8-20)16(10)11/h2-4H,1H3. The van der Waals surface area contributed by atoms with Crippen molar-refractivity contribution in [3.05, 3.63) is 46.0 Å². The van der Waals surface area contributed by atoms with Crippen LogP contribution in [0.25, 0.3) is 10.8 Å². The number of benzene rings is 2. The lowest BCUT2D eigenvalue weighted by Crippen LogP contribution is -2.02. The normalized spacial score (nSPS) is 9.19. The topological polar surface area (TPSA) is 112 Å². The number of carbonyl (C=O) groups is 1. The van der Waals surface area contributed by atoms with E-state index in [9.17, 15) is 25.8 Å². The smallest absolute Gasteiger partial charge is 0.160 e. The molecule has 96 valence electrons. The first kappa shape index (κ1) is 13.8. The van der Waals surface area contributed by atoms with Gasteiger partial charge >= 0.3 is 0 Å².